The zero-order valence-electron chi connectivity index (χ0n) is 12.3. The number of benzene rings is 1. The van der Waals surface area contributed by atoms with Crippen LogP contribution in [-0.2, 0) is 11.2 Å². The minimum Gasteiger partial charge on any atom is -0.491 e. The van der Waals surface area contributed by atoms with E-state index in [9.17, 15) is 9.59 Å². The first-order valence-corrected chi connectivity index (χ1v) is 6.78. The second-order valence-corrected chi connectivity index (χ2v) is 5.00. The number of ether oxygens (including phenoxy) is 1. The van der Waals surface area contributed by atoms with Crippen molar-refractivity contribution in [2.24, 2.45) is 0 Å². The molecule has 2 aromatic rings. The first-order chi connectivity index (χ1) is 10.5. The maximum atomic E-state index is 12.0. The van der Waals surface area contributed by atoms with Gasteiger partial charge in [0.2, 0.25) is 5.91 Å². The van der Waals surface area contributed by atoms with Crippen molar-refractivity contribution in [3.8, 4) is 5.75 Å². The van der Waals surface area contributed by atoms with Crippen molar-refractivity contribution in [3.05, 3.63) is 41.7 Å². The van der Waals surface area contributed by atoms with E-state index in [1.807, 2.05) is 19.9 Å². The van der Waals surface area contributed by atoms with Crippen LogP contribution in [0, 0.1) is 0 Å². The number of nitrogens with zero attached hydrogens (tertiary/aromatic N) is 1. The van der Waals surface area contributed by atoms with Crippen LogP contribution in [-0.4, -0.2) is 33.3 Å². The summed E-state index contributed by atoms with van der Waals surface area (Å²) >= 11 is 0. The average molecular weight is 303 g/mol. The van der Waals surface area contributed by atoms with Crippen LogP contribution in [0.1, 0.15) is 29.9 Å². The number of hydrogen-bond acceptors (Lipinski definition) is 4. The molecule has 0 atom stereocenters. The summed E-state index contributed by atoms with van der Waals surface area (Å²) in [6.07, 6.45) is 1.42. The monoisotopic (exact) mass is 303 g/mol. The van der Waals surface area contributed by atoms with Crippen LogP contribution in [0.5, 0.6) is 5.75 Å². The maximum Gasteiger partial charge on any atom is 0.356 e. The van der Waals surface area contributed by atoms with E-state index in [4.69, 9.17) is 9.84 Å². The van der Waals surface area contributed by atoms with E-state index < -0.39 is 5.97 Å². The lowest BCUT2D eigenvalue weighted by atomic mass is 10.1. The van der Waals surface area contributed by atoms with Crippen molar-refractivity contribution in [2.75, 3.05) is 5.32 Å². The Kier molecular flexibility index (Phi) is 4.77. The largest absolute Gasteiger partial charge is 0.491 e. The van der Waals surface area contributed by atoms with Crippen LogP contribution in [0.25, 0.3) is 0 Å². The molecule has 2 rings (SSSR count). The standard InChI is InChI=1S/C15H17N3O4/c1-9(2)22-11-5-3-4-10(6-11)7-13(19)17-12-8-16-18-14(12)15(20)21/h3-6,8-9H,7H2,1-2H3,(H,16,18)(H,17,19)(H,20,21). The highest BCUT2D eigenvalue weighted by atomic mass is 16.5. The lowest BCUT2D eigenvalue weighted by Crippen LogP contribution is -2.16. The van der Waals surface area contributed by atoms with Gasteiger partial charge < -0.3 is 15.2 Å². The van der Waals surface area contributed by atoms with Crippen LogP contribution in [0.15, 0.2) is 30.5 Å². The molecule has 3 N–H and O–H groups in total. The number of amides is 1. The molecule has 0 unspecified atom stereocenters. The normalized spacial score (nSPS) is 10.5. The quantitative estimate of drug-likeness (QED) is 0.758. The Hall–Kier alpha value is -2.83. The van der Waals surface area contributed by atoms with E-state index >= 15 is 0 Å². The van der Waals surface area contributed by atoms with E-state index in [0.717, 1.165) is 5.56 Å². The highest BCUT2D eigenvalue weighted by Crippen LogP contribution is 2.16. The number of aromatic amines is 1. The minimum absolute atomic E-state index is 0.0492. The number of carboxylic acids is 1. The zero-order chi connectivity index (χ0) is 16.1. The molecule has 1 aromatic heterocycles. The Morgan fingerprint density at radius 1 is 1.41 bits per heavy atom. The highest BCUT2D eigenvalue weighted by molar-refractivity contribution is 5.99. The van der Waals surface area contributed by atoms with E-state index in [0.29, 0.717) is 5.75 Å². The lowest BCUT2D eigenvalue weighted by molar-refractivity contribution is -0.115. The van der Waals surface area contributed by atoms with E-state index in [1.165, 1.54) is 6.20 Å². The van der Waals surface area contributed by atoms with E-state index in [2.05, 4.69) is 15.5 Å². The summed E-state index contributed by atoms with van der Waals surface area (Å²) in [6.45, 7) is 3.84. The molecular weight excluding hydrogens is 286 g/mol. The SMILES string of the molecule is CC(C)Oc1cccc(CC(=O)Nc2cn[nH]c2C(=O)O)c1. The van der Waals surface area contributed by atoms with Crippen LogP contribution >= 0.6 is 0 Å². The van der Waals surface area contributed by atoms with Crippen LogP contribution in [0.2, 0.25) is 0 Å². The van der Waals surface area contributed by atoms with Crippen molar-refractivity contribution in [1.29, 1.82) is 0 Å². The fraction of sp³-hybridized carbons (Fsp3) is 0.267. The molecule has 0 spiro atoms. The molecule has 7 nitrogen and oxygen atoms in total. The molecule has 0 aliphatic heterocycles. The van der Waals surface area contributed by atoms with Gasteiger partial charge in [-0.3, -0.25) is 9.89 Å². The Morgan fingerprint density at radius 2 is 2.18 bits per heavy atom. The third-order valence-electron chi connectivity index (χ3n) is 2.76. The molecule has 0 aliphatic rings. The summed E-state index contributed by atoms with van der Waals surface area (Å²) in [5.41, 5.74) is 0.772. The van der Waals surface area contributed by atoms with Crippen molar-refractivity contribution in [3.63, 3.8) is 0 Å². The van der Waals surface area contributed by atoms with Crippen molar-refractivity contribution >= 4 is 17.6 Å². The molecular formula is C15H17N3O4. The summed E-state index contributed by atoms with van der Waals surface area (Å²) in [6, 6.07) is 7.22. The first kappa shape index (κ1) is 15.6. The number of aromatic carboxylic acids is 1. The number of carboxylic acid groups (broad SMARTS) is 1. The Morgan fingerprint density at radius 3 is 2.86 bits per heavy atom. The smallest absolute Gasteiger partial charge is 0.356 e. The van der Waals surface area contributed by atoms with Gasteiger partial charge in [0.1, 0.15) is 5.75 Å². The Bertz CT molecular complexity index is 679. The molecule has 1 amide bonds. The van der Waals surface area contributed by atoms with Crippen molar-refractivity contribution < 1.29 is 19.4 Å². The van der Waals surface area contributed by atoms with Crippen LogP contribution in [0.4, 0.5) is 5.69 Å². The maximum absolute atomic E-state index is 12.0. The number of anilines is 1. The van der Waals surface area contributed by atoms with Gasteiger partial charge in [0.15, 0.2) is 5.69 Å². The van der Waals surface area contributed by atoms with Gasteiger partial charge in [-0.05, 0) is 31.5 Å². The molecule has 0 radical (unpaired) electrons. The second kappa shape index (κ2) is 6.75. The molecule has 7 heteroatoms. The van der Waals surface area contributed by atoms with E-state index in [1.54, 1.807) is 18.2 Å². The van der Waals surface area contributed by atoms with Crippen LogP contribution in [0.3, 0.4) is 0 Å². The first-order valence-electron chi connectivity index (χ1n) is 6.78. The Labute approximate surface area is 127 Å². The summed E-state index contributed by atoms with van der Waals surface area (Å²) in [5.74, 6) is -0.819. The number of hydrogen-bond donors (Lipinski definition) is 3. The molecule has 0 saturated heterocycles. The number of aromatic nitrogens is 2. The number of nitrogens with one attached hydrogen (secondary N) is 2. The number of carbonyl (C=O) groups excluding carboxylic acids is 1. The summed E-state index contributed by atoms with van der Waals surface area (Å²) in [4.78, 5) is 22.9. The number of rotatable bonds is 6. The molecule has 0 bridgehead atoms. The van der Waals surface area contributed by atoms with Crippen molar-refractivity contribution in [1.82, 2.24) is 10.2 Å². The average Bonchev–Trinajstić information content (AvgIpc) is 2.86. The third-order valence-corrected chi connectivity index (χ3v) is 2.76. The molecule has 22 heavy (non-hydrogen) atoms. The van der Waals surface area contributed by atoms with Gasteiger partial charge >= 0.3 is 5.97 Å². The van der Waals surface area contributed by atoms with E-state index in [-0.39, 0.29) is 29.8 Å². The van der Waals surface area contributed by atoms with Gasteiger partial charge in [-0.1, -0.05) is 12.1 Å². The number of H-pyrrole nitrogens is 1. The molecule has 1 heterocycles. The van der Waals surface area contributed by atoms with Gasteiger partial charge in [0.25, 0.3) is 0 Å². The second-order valence-electron chi connectivity index (χ2n) is 5.00. The molecule has 1 aromatic carbocycles. The van der Waals surface area contributed by atoms with Gasteiger partial charge in [0, 0.05) is 0 Å². The predicted octanol–water partition coefficient (Wildman–Crippen LogP) is 2.08. The lowest BCUT2D eigenvalue weighted by Gasteiger charge is -2.11. The Balaban J connectivity index is 2.03. The highest BCUT2D eigenvalue weighted by Gasteiger charge is 2.15. The van der Waals surface area contributed by atoms with Gasteiger partial charge in [-0.15, -0.1) is 0 Å². The van der Waals surface area contributed by atoms with Crippen LogP contribution < -0.4 is 10.1 Å². The third kappa shape index (κ3) is 4.08. The molecule has 116 valence electrons. The van der Waals surface area contributed by atoms with Gasteiger partial charge in [-0.25, -0.2) is 4.79 Å². The summed E-state index contributed by atoms with van der Waals surface area (Å²) in [5, 5.41) is 17.4. The van der Waals surface area contributed by atoms with Crippen molar-refractivity contribution in [2.45, 2.75) is 26.4 Å². The zero-order valence-corrected chi connectivity index (χ0v) is 12.3. The molecule has 0 fully saturated rings. The molecule has 0 saturated carbocycles. The fourth-order valence-electron chi connectivity index (χ4n) is 1.92. The van der Waals surface area contributed by atoms with Gasteiger partial charge in [0.05, 0.1) is 24.4 Å². The molecule has 0 aliphatic carbocycles. The minimum atomic E-state index is -1.18. The summed E-state index contributed by atoms with van der Waals surface area (Å²) in [7, 11) is 0. The topological polar surface area (TPSA) is 104 Å². The number of carbonyl (C=O) groups is 2. The van der Waals surface area contributed by atoms with Gasteiger partial charge in [-0.2, -0.15) is 5.10 Å². The fourth-order valence-corrected chi connectivity index (χ4v) is 1.92. The summed E-state index contributed by atoms with van der Waals surface area (Å²) < 4.78 is 5.57. The predicted molar refractivity (Wildman–Crippen MR) is 80.1 cm³/mol.